The molecule has 0 atom stereocenters. The van der Waals surface area contributed by atoms with Gasteiger partial charge in [0.15, 0.2) is 0 Å². The van der Waals surface area contributed by atoms with Crippen LogP contribution in [0.3, 0.4) is 0 Å². The third-order valence-electron chi connectivity index (χ3n) is 5.03. The van der Waals surface area contributed by atoms with E-state index >= 15 is 0 Å². The van der Waals surface area contributed by atoms with E-state index in [1.54, 1.807) is 31.3 Å². The van der Waals surface area contributed by atoms with E-state index in [1.807, 2.05) is 6.07 Å². The first-order valence-corrected chi connectivity index (χ1v) is 11.2. The fourth-order valence-electron chi connectivity index (χ4n) is 3.35. The lowest BCUT2D eigenvalue weighted by Crippen LogP contribution is -2.32. The van der Waals surface area contributed by atoms with E-state index in [0.717, 1.165) is 25.7 Å². The first-order valence-electron chi connectivity index (χ1n) is 9.42. The third kappa shape index (κ3) is 4.61. The molecule has 0 N–H and O–H groups in total. The second kappa shape index (κ2) is 8.95. The quantitative estimate of drug-likeness (QED) is 0.731. The largest absolute Gasteiger partial charge is 0.311 e. The van der Waals surface area contributed by atoms with E-state index in [2.05, 4.69) is 0 Å². The average molecular weight is 432 g/mol. The van der Waals surface area contributed by atoms with Crippen molar-refractivity contribution in [3.63, 3.8) is 0 Å². The number of carbonyl (C=O) groups excluding carboxylic acids is 1. The maximum Gasteiger partial charge on any atom is 0.258 e. The number of hydrogen-bond donors (Lipinski definition) is 0. The van der Waals surface area contributed by atoms with Crippen LogP contribution in [-0.2, 0) is 10.0 Å². The lowest BCUT2D eigenvalue weighted by Gasteiger charge is -2.22. The van der Waals surface area contributed by atoms with Crippen molar-refractivity contribution in [3.8, 4) is 6.07 Å². The number of nitriles is 1. The van der Waals surface area contributed by atoms with E-state index in [9.17, 15) is 13.2 Å². The second-order valence-electron chi connectivity index (χ2n) is 6.99. The van der Waals surface area contributed by atoms with Crippen LogP contribution in [0.5, 0.6) is 0 Å². The number of anilines is 1. The molecule has 0 spiro atoms. The highest BCUT2D eigenvalue weighted by Crippen LogP contribution is 2.28. The topological polar surface area (TPSA) is 81.5 Å². The lowest BCUT2D eigenvalue weighted by atomic mass is 10.1. The molecule has 6 nitrogen and oxygen atoms in total. The Labute approximate surface area is 176 Å². The Morgan fingerprint density at radius 2 is 1.79 bits per heavy atom. The van der Waals surface area contributed by atoms with Crippen LogP contribution in [0.4, 0.5) is 5.69 Å². The zero-order valence-electron chi connectivity index (χ0n) is 16.1. The number of halogens is 1. The van der Waals surface area contributed by atoms with Crippen molar-refractivity contribution >= 4 is 33.2 Å². The summed E-state index contributed by atoms with van der Waals surface area (Å²) >= 11 is 6.21. The highest BCUT2D eigenvalue weighted by molar-refractivity contribution is 7.89. The summed E-state index contributed by atoms with van der Waals surface area (Å²) in [5, 5.41) is 9.16. The van der Waals surface area contributed by atoms with Crippen molar-refractivity contribution < 1.29 is 13.2 Å². The van der Waals surface area contributed by atoms with Gasteiger partial charge in [-0.25, -0.2) is 8.42 Å². The molecule has 0 aromatic heterocycles. The van der Waals surface area contributed by atoms with Crippen molar-refractivity contribution in [2.75, 3.05) is 25.0 Å². The molecular weight excluding hydrogens is 410 g/mol. The van der Waals surface area contributed by atoms with Crippen molar-refractivity contribution in [1.29, 1.82) is 5.26 Å². The minimum absolute atomic E-state index is 0.0499. The smallest absolute Gasteiger partial charge is 0.258 e. The zero-order chi connectivity index (χ0) is 21.0. The van der Waals surface area contributed by atoms with Crippen LogP contribution >= 0.6 is 11.6 Å². The summed E-state index contributed by atoms with van der Waals surface area (Å²) in [5.74, 6) is -0.385. The van der Waals surface area contributed by atoms with Gasteiger partial charge in [-0.1, -0.05) is 30.5 Å². The molecule has 1 heterocycles. The van der Waals surface area contributed by atoms with Crippen LogP contribution in [0, 0.1) is 11.3 Å². The summed E-state index contributed by atoms with van der Waals surface area (Å²) in [4.78, 5) is 14.3. The number of nitrogens with zero attached hydrogens (tertiary/aromatic N) is 3. The average Bonchev–Trinajstić information content (AvgIpc) is 3.03. The molecule has 152 valence electrons. The number of benzene rings is 2. The van der Waals surface area contributed by atoms with E-state index < -0.39 is 10.0 Å². The minimum Gasteiger partial charge on any atom is -0.311 e. The predicted octanol–water partition coefficient (Wildman–Crippen LogP) is 4.05. The van der Waals surface area contributed by atoms with Gasteiger partial charge < -0.3 is 4.90 Å². The molecule has 0 saturated carbocycles. The Morgan fingerprint density at radius 1 is 1.10 bits per heavy atom. The minimum atomic E-state index is -3.79. The van der Waals surface area contributed by atoms with Crippen LogP contribution in [0.25, 0.3) is 0 Å². The molecule has 29 heavy (non-hydrogen) atoms. The lowest BCUT2D eigenvalue weighted by molar-refractivity contribution is 0.0993. The molecule has 1 fully saturated rings. The van der Waals surface area contributed by atoms with E-state index in [1.165, 1.54) is 27.4 Å². The summed E-state index contributed by atoms with van der Waals surface area (Å²) in [5.41, 5.74) is 1.19. The highest BCUT2D eigenvalue weighted by Gasteiger charge is 2.28. The normalized spacial score (nSPS) is 15.3. The first-order chi connectivity index (χ1) is 13.8. The fourth-order valence-corrected chi connectivity index (χ4v) is 5.37. The van der Waals surface area contributed by atoms with Gasteiger partial charge in [-0.05, 0) is 49.2 Å². The molecule has 0 unspecified atom stereocenters. The van der Waals surface area contributed by atoms with Crippen molar-refractivity contribution in [1.82, 2.24) is 4.31 Å². The molecule has 0 bridgehead atoms. The molecular formula is C21H22ClN3O3S. The van der Waals surface area contributed by atoms with Crippen molar-refractivity contribution in [2.24, 2.45) is 0 Å². The van der Waals surface area contributed by atoms with Crippen LogP contribution < -0.4 is 4.90 Å². The SMILES string of the molecule is CN(C(=O)c1ccc(Cl)c(S(=O)(=O)N2CCCCCC2)c1)c1cccc(C#N)c1. The van der Waals surface area contributed by atoms with Gasteiger partial charge in [-0.15, -0.1) is 0 Å². The second-order valence-corrected chi connectivity index (χ2v) is 9.30. The van der Waals surface area contributed by atoms with Gasteiger partial charge in [-0.2, -0.15) is 9.57 Å². The van der Waals surface area contributed by atoms with Gasteiger partial charge in [-0.3, -0.25) is 4.79 Å². The van der Waals surface area contributed by atoms with Gasteiger partial charge in [0.2, 0.25) is 10.0 Å². The Bertz CT molecular complexity index is 1060. The summed E-state index contributed by atoms with van der Waals surface area (Å²) in [6, 6.07) is 13.0. The van der Waals surface area contributed by atoms with Crippen molar-refractivity contribution in [3.05, 3.63) is 58.6 Å². The van der Waals surface area contributed by atoms with Crippen LogP contribution in [-0.4, -0.2) is 38.8 Å². The number of sulfonamides is 1. The predicted molar refractivity (Wildman–Crippen MR) is 113 cm³/mol. The number of hydrogen-bond acceptors (Lipinski definition) is 4. The van der Waals surface area contributed by atoms with E-state index in [0.29, 0.717) is 24.3 Å². The van der Waals surface area contributed by atoms with Crippen molar-refractivity contribution in [2.45, 2.75) is 30.6 Å². The molecule has 1 aliphatic rings. The van der Waals surface area contributed by atoms with Gasteiger partial charge >= 0.3 is 0 Å². The molecule has 3 rings (SSSR count). The van der Waals surface area contributed by atoms with Crippen LogP contribution in [0.2, 0.25) is 5.02 Å². The van der Waals surface area contributed by atoms with Gasteiger partial charge in [0.1, 0.15) is 4.90 Å². The maximum atomic E-state index is 13.1. The molecule has 2 aromatic carbocycles. The van der Waals surface area contributed by atoms with Gasteiger partial charge in [0, 0.05) is 31.4 Å². The Hall–Kier alpha value is -2.40. The standard InChI is InChI=1S/C21H22ClN3O3S/c1-24(18-8-6-7-16(13-18)15-23)21(26)17-9-10-19(22)20(14-17)29(27,28)25-11-4-2-3-5-12-25/h6-10,13-14H,2-5,11-12H2,1H3. The van der Waals surface area contributed by atoms with E-state index in [-0.39, 0.29) is 21.4 Å². The number of rotatable bonds is 4. The monoisotopic (exact) mass is 431 g/mol. The van der Waals surface area contributed by atoms with Gasteiger partial charge in [0.05, 0.1) is 16.7 Å². The number of carbonyl (C=O) groups is 1. The summed E-state index contributed by atoms with van der Waals surface area (Å²) in [7, 11) is -2.21. The van der Waals surface area contributed by atoms with Crippen LogP contribution in [0.15, 0.2) is 47.4 Å². The Kier molecular flexibility index (Phi) is 6.58. The van der Waals surface area contributed by atoms with Crippen LogP contribution in [0.1, 0.15) is 41.6 Å². The Balaban J connectivity index is 1.93. The first kappa shape index (κ1) is 21.3. The molecule has 0 radical (unpaired) electrons. The molecule has 1 amide bonds. The molecule has 1 saturated heterocycles. The van der Waals surface area contributed by atoms with Gasteiger partial charge in [0.25, 0.3) is 5.91 Å². The van der Waals surface area contributed by atoms with E-state index in [4.69, 9.17) is 16.9 Å². The molecule has 0 aliphatic carbocycles. The Morgan fingerprint density at radius 3 is 2.45 bits per heavy atom. The molecule has 8 heteroatoms. The fraction of sp³-hybridized carbons (Fsp3) is 0.333. The highest BCUT2D eigenvalue weighted by atomic mass is 35.5. The zero-order valence-corrected chi connectivity index (χ0v) is 17.7. The maximum absolute atomic E-state index is 13.1. The summed E-state index contributed by atoms with van der Waals surface area (Å²) < 4.78 is 27.7. The third-order valence-corrected chi connectivity index (χ3v) is 7.41. The molecule has 2 aromatic rings. The summed E-state index contributed by atoms with van der Waals surface area (Å²) in [6.07, 6.45) is 3.64. The number of amides is 1. The molecule has 1 aliphatic heterocycles. The summed E-state index contributed by atoms with van der Waals surface area (Å²) in [6.45, 7) is 0.912.